The van der Waals surface area contributed by atoms with E-state index in [4.69, 9.17) is 19.4 Å². The van der Waals surface area contributed by atoms with Crippen LogP contribution in [-0.2, 0) is 19.1 Å². The van der Waals surface area contributed by atoms with E-state index in [1.165, 1.54) is 14.2 Å². The van der Waals surface area contributed by atoms with Gasteiger partial charge in [0.25, 0.3) is 0 Å². The Morgan fingerprint density at radius 1 is 0.576 bits per heavy atom. The van der Waals surface area contributed by atoms with E-state index < -0.39 is 24.3 Å². The molecule has 6 aromatic rings. The average molecular weight is 891 g/mol. The Bertz CT molecular complexity index is 2690. The fourth-order valence-corrected chi connectivity index (χ4v) is 11.1. The molecular weight excluding hydrogens is 833 g/mol. The number of imidazole rings is 2. The molecule has 4 heterocycles. The number of piperidine rings is 2. The van der Waals surface area contributed by atoms with Crippen LogP contribution in [0.2, 0.25) is 0 Å². The Balaban J connectivity index is 0.840. The van der Waals surface area contributed by atoms with Crippen LogP contribution in [0.3, 0.4) is 0 Å². The molecule has 10 rings (SSSR count). The first kappa shape index (κ1) is 43.2. The van der Waals surface area contributed by atoms with E-state index in [1.54, 1.807) is 0 Å². The highest BCUT2D eigenvalue weighted by molar-refractivity contribution is 5.94. The predicted octanol–water partition coefficient (Wildman–Crippen LogP) is 9.02. The lowest BCUT2D eigenvalue weighted by atomic mass is 9.97. The van der Waals surface area contributed by atoms with Crippen molar-refractivity contribution in [1.29, 1.82) is 0 Å². The van der Waals surface area contributed by atoms with Gasteiger partial charge < -0.3 is 39.9 Å². The molecule has 4 aliphatic rings. The number of H-pyrrole nitrogens is 2. The van der Waals surface area contributed by atoms with Crippen LogP contribution in [0.25, 0.3) is 55.2 Å². The topological polar surface area (TPSA) is 175 Å². The summed E-state index contributed by atoms with van der Waals surface area (Å²) in [5.74, 6) is 2.76. The number of likely N-dealkylation sites (tertiary alicyclic amines) is 2. The van der Waals surface area contributed by atoms with E-state index in [0.717, 1.165) is 79.7 Å². The van der Waals surface area contributed by atoms with E-state index in [-0.39, 0.29) is 47.8 Å². The van der Waals surface area contributed by atoms with Crippen molar-refractivity contribution in [2.45, 2.75) is 90.6 Å². The standard InChI is InChI=1S/C52H58N8O6/c1-25(2)43(57-51(63)65-7)49(61)59-41(21-37-27(5)45(37)59)47-53-23-39(55-47)35-15-13-31-17-29(9-11-33(31)19-35)30-10-12-34-20-36(16-14-32(34)18-30)40-24-54-48(56-40)42-22-38-28(6)46(38)60(42)50(62)44(26(3)4)58-52(64)66-8/h9-20,23-28,37-38,41-46H,21-22H2,1-8H3,(H,53,55)(H,54,56)(H,57,63)(H,58,64)/t27-,28-,37?,38?,41+,42+,43+,44?,45?,46?/m1/s1. The third-order valence-electron chi connectivity index (χ3n) is 15.1. The summed E-state index contributed by atoms with van der Waals surface area (Å²) in [4.78, 5) is 73.0. The molecule has 2 saturated heterocycles. The zero-order chi connectivity index (χ0) is 46.3. The summed E-state index contributed by atoms with van der Waals surface area (Å²) >= 11 is 0. The first-order chi connectivity index (χ1) is 31.7. The number of benzene rings is 4. The molecule has 342 valence electrons. The second-order valence-corrected chi connectivity index (χ2v) is 19.7. The second-order valence-electron chi connectivity index (χ2n) is 19.7. The number of fused-ring (bicyclic) bond motifs is 4. The monoisotopic (exact) mass is 890 g/mol. The number of carbonyl (C=O) groups excluding carboxylic acids is 4. The molecule has 66 heavy (non-hydrogen) atoms. The van der Waals surface area contributed by atoms with Crippen LogP contribution in [0.15, 0.2) is 85.2 Å². The minimum Gasteiger partial charge on any atom is -0.453 e. The van der Waals surface area contributed by atoms with Gasteiger partial charge in [0.1, 0.15) is 23.7 Å². The molecule has 4 amide bonds. The normalized spacial score (nSPS) is 24.9. The molecular formula is C52H58N8O6. The third-order valence-corrected chi connectivity index (χ3v) is 15.1. The van der Waals surface area contributed by atoms with Gasteiger partial charge in [-0.3, -0.25) is 9.59 Å². The molecule has 4 N–H and O–H groups in total. The number of nitrogens with zero attached hydrogens (tertiary/aromatic N) is 4. The summed E-state index contributed by atoms with van der Waals surface area (Å²) in [6, 6.07) is 24.4. The molecule has 0 bridgehead atoms. The lowest BCUT2D eigenvalue weighted by molar-refractivity contribution is -0.137. The van der Waals surface area contributed by atoms with Gasteiger partial charge in [0.15, 0.2) is 0 Å². The Kier molecular flexibility index (Phi) is 10.9. The molecule has 0 radical (unpaired) electrons. The molecule has 2 aliphatic heterocycles. The van der Waals surface area contributed by atoms with Crippen molar-refractivity contribution in [3.8, 4) is 33.6 Å². The van der Waals surface area contributed by atoms with Crippen LogP contribution >= 0.6 is 0 Å². The van der Waals surface area contributed by atoms with E-state index in [2.05, 4.69) is 107 Å². The van der Waals surface area contributed by atoms with Crippen LogP contribution in [-0.4, -0.2) is 92.1 Å². The van der Waals surface area contributed by atoms with Gasteiger partial charge in [-0.2, -0.15) is 0 Å². The van der Waals surface area contributed by atoms with Crippen LogP contribution in [0.1, 0.15) is 78.1 Å². The quantitative estimate of drug-likeness (QED) is 0.0997. The maximum atomic E-state index is 14.0. The summed E-state index contributed by atoms with van der Waals surface area (Å²) in [5.41, 5.74) is 6.03. The van der Waals surface area contributed by atoms with E-state index >= 15 is 0 Å². The summed E-state index contributed by atoms with van der Waals surface area (Å²) in [5, 5.41) is 9.98. The molecule has 4 fully saturated rings. The Morgan fingerprint density at radius 3 is 1.27 bits per heavy atom. The maximum absolute atomic E-state index is 14.0. The molecule has 0 spiro atoms. The SMILES string of the molecule is COC(=O)NC(C(=O)N1C2C(C[C@H]1c1ncc(-c3ccc4cc(-c5ccc6cc(-c7cnc([C@@H]8CC9C([C@@H]9C)N8C(=O)[C@@H](NC(=O)OC)C(C)C)[nH]7)ccc6c5)ccc4c3)[nH]1)[C@H]2C)C(C)C. The number of rotatable bonds is 11. The summed E-state index contributed by atoms with van der Waals surface area (Å²) < 4.78 is 9.68. The number of hydrogen-bond acceptors (Lipinski definition) is 8. The van der Waals surface area contributed by atoms with Gasteiger partial charge in [0.2, 0.25) is 11.8 Å². The lowest BCUT2D eigenvalue weighted by Crippen LogP contribution is -2.52. The van der Waals surface area contributed by atoms with Gasteiger partial charge in [-0.05, 0) is 105 Å². The fourth-order valence-electron chi connectivity index (χ4n) is 11.1. The number of hydrogen-bond donors (Lipinski definition) is 4. The fraction of sp³-hybridized carbons (Fsp3) is 0.423. The third kappa shape index (κ3) is 7.53. The zero-order valence-corrected chi connectivity index (χ0v) is 38.7. The Hall–Kier alpha value is -6.70. The maximum Gasteiger partial charge on any atom is 0.407 e. The van der Waals surface area contributed by atoms with E-state index in [9.17, 15) is 19.2 Å². The number of aromatic amines is 2. The number of methoxy groups -OCH3 is 2. The van der Waals surface area contributed by atoms with Crippen molar-refractivity contribution < 1.29 is 28.7 Å². The highest BCUT2D eigenvalue weighted by Crippen LogP contribution is 2.59. The van der Waals surface area contributed by atoms with Crippen molar-refractivity contribution in [1.82, 2.24) is 40.4 Å². The van der Waals surface area contributed by atoms with Crippen molar-refractivity contribution in [2.75, 3.05) is 14.2 Å². The summed E-state index contributed by atoms with van der Waals surface area (Å²) in [6.45, 7) is 12.1. The molecule has 14 nitrogen and oxygen atoms in total. The summed E-state index contributed by atoms with van der Waals surface area (Å²) in [7, 11) is 2.62. The molecule has 14 heteroatoms. The van der Waals surface area contributed by atoms with Crippen LogP contribution in [0, 0.1) is 35.5 Å². The minimum atomic E-state index is -0.690. The van der Waals surface area contributed by atoms with Crippen molar-refractivity contribution >= 4 is 45.5 Å². The first-order valence-electron chi connectivity index (χ1n) is 23.3. The highest BCUT2D eigenvalue weighted by atomic mass is 16.5. The average Bonchev–Trinajstić information content (AvgIpc) is 3.79. The Labute approximate surface area is 384 Å². The number of alkyl carbamates (subject to hydrolysis) is 2. The van der Waals surface area contributed by atoms with E-state index in [0.29, 0.717) is 23.7 Å². The molecule has 2 aromatic heterocycles. The molecule has 2 aliphatic carbocycles. The van der Waals surface area contributed by atoms with Crippen LogP contribution in [0.4, 0.5) is 9.59 Å². The Morgan fingerprint density at radius 2 is 0.924 bits per heavy atom. The summed E-state index contributed by atoms with van der Waals surface area (Å²) in [6.07, 6.45) is 4.14. The van der Waals surface area contributed by atoms with Crippen LogP contribution < -0.4 is 10.6 Å². The van der Waals surface area contributed by atoms with Crippen molar-refractivity contribution in [3.63, 3.8) is 0 Å². The van der Waals surface area contributed by atoms with Gasteiger partial charge in [-0.25, -0.2) is 19.6 Å². The van der Waals surface area contributed by atoms with Gasteiger partial charge in [-0.15, -0.1) is 0 Å². The number of nitrogens with one attached hydrogen (secondary N) is 4. The van der Waals surface area contributed by atoms with Gasteiger partial charge in [0.05, 0.1) is 50.1 Å². The van der Waals surface area contributed by atoms with Crippen LogP contribution in [0.5, 0.6) is 0 Å². The molecule has 5 unspecified atom stereocenters. The largest absolute Gasteiger partial charge is 0.453 e. The second kappa shape index (κ2) is 16.6. The number of carbonyl (C=O) groups is 4. The van der Waals surface area contributed by atoms with E-state index in [1.807, 2.05) is 49.9 Å². The number of amides is 4. The van der Waals surface area contributed by atoms with Gasteiger partial charge >= 0.3 is 12.2 Å². The minimum absolute atomic E-state index is 0.0983. The highest BCUT2D eigenvalue weighted by Gasteiger charge is 2.62. The van der Waals surface area contributed by atoms with Crippen molar-refractivity contribution in [2.24, 2.45) is 35.5 Å². The zero-order valence-electron chi connectivity index (χ0n) is 38.7. The lowest BCUT2D eigenvalue weighted by Gasteiger charge is -2.32. The molecule has 10 atom stereocenters. The number of ether oxygens (including phenoxy) is 2. The number of aromatic nitrogens is 4. The predicted molar refractivity (Wildman–Crippen MR) is 252 cm³/mol. The molecule has 2 saturated carbocycles. The first-order valence-corrected chi connectivity index (χ1v) is 23.3. The molecule has 4 aromatic carbocycles. The van der Waals surface area contributed by atoms with Crippen molar-refractivity contribution in [3.05, 3.63) is 96.8 Å². The smallest absolute Gasteiger partial charge is 0.407 e. The van der Waals surface area contributed by atoms with Gasteiger partial charge in [-0.1, -0.05) is 90.1 Å². The van der Waals surface area contributed by atoms with Gasteiger partial charge in [0, 0.05) is 23.2 Å².